The zero-order valence-electron chi connectivity index (χ0n) is 24.9. The SMILES string of the molecule is C=C(N=C(N=C(C)c1ccc2c(c1)[nH]c1ccccc12)c1ccccc1)c1ccc2c3ccccc3n(-c3ccccc3)c2c1. The maximum Gasteiger partial charge on any atom is 0.160 e. The second-order valence-electron chi connectivity index (χ2n) is 11.3. The normalized spacial score (nSPS) is 12.5. The van der Waals surface area contributed by atoms with Crippen molar-refractivity contribution in [3.63, 3.8) is 0 Å². The number of hydrogen-bond acceptors (Lipinski definition) is 1. The minimum atomic E-state index is 0.624. The van der Waals surface area contributed by atoms with Crippen molar-refractivity contribution in [1.29, 1.82) is 0 Å². The third kappa shape index (κ3) is 4.73. The lowest BCUT2D eigenvalue weighted by atomic mass is 10.1. The maximum absolute atomic E-state index is 5.09. The molecule has 0 unspecified atom stereocenters. The van der Waals surface area contributed by atoms with Crippen molar-refractivity contribution in [2.45, 2.75) is 6.92 Å². The number of nitrogens with zero attached hydrogens (tertiary/aromatic N) is 3. The van der Waals surface area contributed by atoms with Crippen LogP contribution in [0.3, 0.4) is 0 Å². The zero-order valence-corrected chi connectivity index (χ0v) is 24.9. The number of aromatic amines is 1. The van der Waals surface area contributed by atoms with Crippen LogP contribution >= 0.6 is 0 Å². The van der Waals surface area contributed by atoms with Crippen molar-refractivity contribution >= 4 is 60.9 Å². The van der Waals surface area contributed by atoms with Crippen molar-refractivity contribution < 1.29 is 0 Å². The molecule has 45 heavy (non-hydrogen) atoms. The Hall–Kier alpha value is -6.00. The standard InChI is InChI=1S/C41H30N4/c1-27(30-21-23-34-33-17-9-11-19-37(33)44-38(34)25-30)42-41(29-13-5-3-6-14-29)43-28(2)31-22-24-36-35-18-10-12-20-39(35)45(40(36)26-31)32-15-7-4-8-16-32/h3-26,44H,2H2,1H3. The quantitative estimate of drug-likeness (QED) is 0.156. The molecule has 0 saturated carbocycles. The molecule has 0 saturated heterocycles. The molecule has 0 fully saturated rings. The van der Waals surface area contributed by atoms with E-state index in [0.29, 0.717) is 11.5 Å². The molecule has 2 aromatic heterocycles. The number of H-pyrrole nitrogens is 1. The summed E-state index contributed by atoms with van der Waals surface area (Å²) in [6.45, 7) is 6.46. The first kappa shape index (κ1) is 26.6. The van der Waals surface area contributed by atoms with E-state index in [1.807, 2.05) is 43.3 Å². The first-order valence-electron chi connectivity index (χ1n) is 15.1. The third-order valence-corrected chi connectivity index (χ3v) is 8.49. The molecule has 8 aromatic rings. The highest BCUT2D eigenvalue weighted by Crippen LogP contribution is 2.34. The molecule has 0 atom stereocenters. The van der Waals surface area contributed by atoms with Crippen molar-refractivity contribution in [3.8, 4) is 5.69 Å². The van der Waals surface area contributed by atoms with Crippen LogP contribution in [0.15, 0.2) is 162 Å². The van der Waals surface area contributed by atoms with E-state index in [2.05, 4.69) is 125 Å². The Balaban J connectivity index is 1.23. The molecule has 0 aliphatic rings. The van der Waals surface area contributed by atoms with Crippen LogP contribution in [0.2, 0.25) is 0 Å². The molecule has 0 spiro atoms. The van der Waals surface area contributed by atoms with Gasteiger partial charge in [0.25, 0.3) is 0 Å². The Labute approximate surface area is 261 Å². The van der Waals surface area contributed by atoms with Crippen LogP contribution in [0, 0.1) is 0 Å². The maximum atomic E-state index is 5.09. The van der Waals surface area contributed by atoms with Crippen LogP contribution < -0.4 is 0 Å². The largest absolute Gasteiger partial charge is 0.354 e. The van der Waals surface area contributed by atoms with Crippen LogP contribution in [0.1, 0.15) is 23.6 Å². The van der Waals surface area contributed by atoms with Gasteiger partial charge in [0.05, 0.1) is 16.7 Å². The van der Waals surface area contributed by atoms with Crippen LogP contribution in [0.4, 0.5) is 0 Å². The first-order chi connectivity index (χ1) is 22.1. The Morgan fingerprint density at radius 2 is 1.16 bits per heavy atom. The summed E-state index contributed by atoms with van der Waals surface area (Å²) >= 11 is 0. The van der Waals surface area contributed by atoms with E-state index in [1.54, 1.807) is 0 Å². The number of amidine groups is 1. The lowest BCUT2D eigenvalue weighted by molar-refractivity contribution is 1.18. The fourth-order valence-electron chi connectivity index (χ4n) is 6.24. The van der Waals surface area contributed by atoms with Gasteiger partial charge in [-0.3, -0.25) is 0 Å². The van der Waals surface area contributed by atoms with Gasteiger partial charge in [0, 0.05) is 55.1 Å². The van der Waals surface area contributed by atoms with Crippen LogP contribution in [0.5, 0.6) is 0 Å². The van der Waals surface area contributed by atoms with Gasteiger partial charge in [-0.05, 0) is 48.9 Å². The van der Waals surface area contributed by atoms with E-state index in [0.717, 1.165) is 44.6 Å². The topological polar surface area (TPSA) is 45.4 Å². The minimum absolute atomic E-state index is 0.624. The molecule has 0 aliphatic heterocycles. The number of benzene rings is 6. The summed E-state index contributed by atoms with van der Waals surface area (Å²) in [4.78, 5) is 13.7. The van der Waals surface area contributed by atoms with E-state index in [4.69, 9.17) is 9.98 Å². The smallest absolute Gasteiger partial charge is 0.160 e. The monoisotopic (exact) mass is 578 g/mol. The summed E-state index contributed by atoms with van der Waals surface area (Å²) in [6.07, 6.45) is 0. The van der Waals surface area contributed by atoms with Crippen LogP contribution in [-0.2, 0) is 0 Å². The van der Waals surface area contributed by atoms with E-state index in [1.165, 1.54) is 27.1 Å². The van der Waals surface area contributed by atoms with Gasteiger partial charge < -0.3 is 9.55 Å². The van der Waals surface area contributed by atoms with Crippen LogP contribution in [0.25, 0.3) is 55.0 Å². The molecule has 8 rings (SSSR count). The average Bonchev–Trinajstić information content (AvgIpc) is 3.63. The third-order valence-electron chi connectivity index (χ3n) is 8.49. The highest BCUT2D eigenvalue weighted by Gasteiger charge is 2.14. The number of para-hydroxylation sites is 3. The van der Waals surface area contributed by atoms with Crippen molar-refractivity contribution in [3.05, 3.63) is 169 Å². The van der Waals surface area contributed by atoms with Gasteiger partial charge in [-0.15, -0.1) is 0 Å². The molecule has 214 valence electrons. The second-order valence-corrected chi connectivity index (χ2v) is 11.3. The second kappa shape index (κ2) is 10.9. The van der Waals surface area contributed by atoms with E-state index in [9.17, 15) is 0 Å². The Kier molecular flexibility index (Phi) is 6.46. The zero-order chi connectivity index (χ0) is 30.3. The summed E-state index contributed by atoms with van der Waals surface area (Å²) < 4.78 is 2.31. The number of aromatic nitrogens is 2. The average molecular weight is 579 g/mol. The lowest BCUT2D eigenvalue weighted by Crippen LogP contribution is -2.04. The highest BCUT2D eigenvalue weighted by molar-refractivity contribution is 6.15. The van der Waals surface area contributed by atoms with Crippen molar-refractivity contribution in [1.82, 2.24) is 9.55 Å². The van der Waals surface area contributed by atoms with E-state index >= 15 is 0 Å². The molecule has 1 N–H and O–H groups in total. The number of rotatable bonds is 5. The Bertz CT molecular complexity index is 2440. The van der Waals surface area contributed by atoms with Gasteiger partial charge in [-0.1, -0.05) is 116 Å². The Morgan fingerprint density at radius 3 is 1.98 bits per heavy atom. The van der Waals surface area contributed by atoms with Crippen LogP contribution in [-0.4, -0.2) is 21.1 Å². The van der Waals surface area contributed by atoms with Gasteiger partial charge in [-0.25, -0.2) is 9.98 Å². The fourth-order valence-corrected chi connectivity index (χ4v) is 6.24. The highest BCUT2D eigenvalue weighted by atomic mass is 15.0. The van der Waals surface area contributed by atoms with Gasteiger partial charge in [0.1, 0.15) is 0 Å². The molecule has 2 heterocycles. The molecule has 4 heteroatoms. The Morgan fingerprint density at radius 1 is 0.533 bits per heavy atom. The summed E-state index contributed by atoms with van der Waals surface area (Å²) in [5, 5.41) is 4.84. The first-order valence-corrected chi connectivity index (χ1v) is 15.1. The summed E-state index contributed by atoms with van der Waals surface area (Å²) in [5.41, 5.74) is 10.1. The lowest BCUT2D eigenvalue weighted by Gasteiger charge is -2.10. The molecule has 4 nitrogen and oxygen atoms in total. The number of hydrogen-bond donors (Lipinski definition) is 1. The molecule has 0 amide bonds. The minimum Gasteiger partial charge on any atom is -0.354 e. The summed E-state index contributed by atoms with van der Waals surface area (Å²) in [7, 11) is 0. The summed E-state index contributed by atoms with van der Waals surface area (Å²) in [6, 6.07) is 50.5. The number of aliphatic imine (C=N–C) groups is 2. The molecule has 6 aromatic carbocycles. The molecule has 0 bridgehead atoms. The van der Waals surface area contributed by atoms with Crippen molar-refractivity contribution in [2.75, 3.05) is 0 Å². The van der Waals surface area contributed by atoms with Gasteiger partial charge in [0.15, 0.2) is 5.84 Å². The predicted octanol–water partition coefficient (Wildman–Crippen LogP) is 10.3. The van der Waals surface area contributed by atoms with E-state index in [-0.39, 0.29) is 0 Å². The van der Waals surface area contributed by atoms with Gasteiger partial charge in [0.2, 0.25) is 0 Å². The molecule has 0 aliphatic carbocycles. The summed E-state index contributed by atoms with van der Waals surface area (Å²) in [5.74, 6) is 0.624. The fraction of sp³-hybridized carbons (Fsp3) is 0.0244. The van der Waals surface area contributed by atoms with Gasteiger partial charge in [-0.2, -0.15) is 0 Å². The van der Waals surface area contributed by atoms with Crippen molar-refractivity contribution in [2.24, 2.45) is 9.98 Å². The molecular weight excluding hydrogens is 548 g/mol. The predicted molar refractivity (Wildman–Crippen MR) is 191 cm³/mol. The molecular formula is C41H30N4. The number of nitrogens with one attached hydrogen (secondary N) is 1. The molecule has 0 radical (unpaired) electrons. The van der Waals surface area contributed by atoms with E-state index < -0.39 is 0 Å². The number of fused-ring (bicyclic) bond motifs is 6. The van der Waals surface area contributed by atoms with Gasteiger partial charge >= 0.3 is 0 Å².